The molecule has 2 N–H and O–H groups in total. The van der Waals surface area contributed by atoms with E-state index < -0.39 is 0 Å². The number of quaternary nitrogens is 1. The molecule has 0 unspecified atom stereocenters. The third kappa shape index (κ3) is 4.37. The highest BCUT2D eigenvalue weighted by Crippen LogP contribution is 2.32. The molecule has 0 saturated carbocycles. The molecule has 0 aliphatic carbocycles. The number of benzene rings is 1. The fourth-order valence-corrected chi connectivity index (χ4v) is 3.03. The standard InChI is InChI=1S/C17H23N3O4/c1-11-8-20(9-12(2)24-11)10-17(21)19-14-6-16(23-4)15(22-3)5-13(14)7-18/h5-6,11-12H,8-10H2,1-4H3,(H,19,21)/p+1/t11-,12-/m0/s1. The number of methoxy groups -OCH3 is 2. The lowest BCUT2D eigenvalue weighted by molar-refractivity contribution is -0.907. The van der Waals surface area contributed by atoms with E-state index in [0.29, 0.717) is 29.3 Å². The molecule has 0 bridgehead atoms. The van der Waals surface area contributed by atoms with E-state index in [4.69, 9.17) is 14.2 Å². The van der Waals surface area contributed by atoms with Crippen molar-refractivity contribution in [1.82, 2.24) is 0 Å². The van der Waals surface area contributed by atoms with Crippen molar-refractivity contribution in [3.8, 4) is 17.6 Å². The van der Waals surface area contributed by atoms with E-state index in [2.05, 4.69) is 11.4 Å². The van der Waals surface area contributed by atoms with Gasteiger partial charge in [0.25, 0.3) is 5.91 Å². The summed E-state index contributed by atoms with van der Waals surface area (Å²) in [4.78, 5) is 13.5. The first kappa shape index (κ1) is 18.0. The number of hydrogen-bond acceptors (Lipinski definition) is 5. The number of carbonyl (C=O) groups excluding carboxylic acids is 1. The molecule has 0 spiro atoms. The van der Waals surface area contributed by atoms with Gasteiger partial charge in [0.15, 0.2) is 18.0 Å². The van der Waals surface area contributed by atoms with Crippen molar-refractivity contribution in [2.24, 2.45) is 0 Å². The Balaban J connectivity index is 2.09. The molecule has 1 amide bonds. The average Bonchev–Trinajstić information content (AvgIpc) is 2.53. The lowest BCUT2D eigenvalue weighted by atomic mass is 10.1. The second-order valence-electron chi connectivity index (χ2n) is 6.01. The van der Waals surface area contributed by atoms with E-state index >= 15 is 0 Å². The van der Waals surface area contributed by atoms with Gasteiger partial charge in [0.2, 0.25) is 0 Å². The molecule has 1 aromatic rings. The summed E-state index contributed by atoms with van der Waals surface area (Å²) in [5.41, 5.74) is 0.758. The number of ether oxygens (including phenoxy) is 3. The van der Waals surface area contributed by atoms with Crippen molar-refractivity contribution < 1.29 is 23.9 Å². The topological polar surface area (TPSA) is 85.0 Å². The van der Waals surface area contributed by atoms with Crippen molar-refractivity contribution >= 4 is 11.6 Å². The number of nitrogens with one attached hydrogen (secondary N) is 2. The van der Waals surface area contributed by atoms with Crippen LogP contribution >= 0.6 is 0 Å². The summed E-state index contributed by atoms with van der Waals surface area (Å²) in [5, 5.41) is 12.1. The third-order valence-electron chi connectivity index (χ3n) is 3.95. The summed E-state index contributed by atoms with van der Waals surface area (Å²) in [7, 11) is 3.01. The maximum atomic E-state index is 12.4. The summed E-state index contributed by atoms with van der Waals surface area (Å²) in [6.45, 7) is 5.92. The SMILES string of the molecule is COc1cc(C#N)c(NC(=O)C[NH+]2C[C@H](C)O[C@@H](C)C2)cc1OC. The lowest BCUT2D eigenvalue weighted by Crippen LogP contribution is -3.16. The number of nitriles is 1. The van der Waals surface area contributed by atoms with Crippen LogP contribution in [-0.2, 0) is 9.53 Å². The van der Waals surface area contributed by atoms with Crippen LogP contribution in [0, 0.1) is 11.3 Å². The second-order valence-corrected chi connectivity index (χ2v) is 6.01. The summed E-state index contributed by atoms with van der Waals surface area (Å²) in [6, 6.07) is 5.23. The van der Waals surface area contributed by atoms with Crippen molar-refractivity contribution in [2.45, 2.75) is 26.1 Å². The first-order valence-electron chi connectivity index (χ1n) is 7.91. The van der Waals surface area contributed by atoms with Gasteiger partial charge in [-0.1, -0.05) is 0 Å². The second kappa shape index (κ2) is 7.99. The Hall–Kier alpha value is -2.30. The highest BCUT2D eigenvalue weighted by atomic mass is 16.5. The predicted octanol–water partition coefficient (Wildman–Crippen LogP) is 0.206. The maximum Gasteiger partial charge on any atom is 0.279 e. The fraction of sp³-hybridized carbons (Fsp3) is 0.529. The summed E-state index contributed by atoms with van der Waals surface area (Å²) in [5.74, 6) is 0.774. The molecule has 1 aliphatic heterocycles. The molecule has 1 aromatic carbocycles. The van der Waals surface area contributed by atoms with Gasteiger partial charge in [-0.2, -0.15) is 5.26 Å². The minimum absolute atomic E-state index is 0.132. The molecule has 24 heavy (non-hydrogen) atoms. The zero-order chi connectivity index (χ0) is 17.7. The van der Waals surface area contributed by atoms with Gasteiger partial charge in [-0.15, -0.1) is 0 Å². The summed E-state index contributed by atoms with van der Waals surface area (Å²) in [6.07, 6.45) is 0.264. The first-order valence-corrected chi connectivity index (χ1v) is 7.91. The Bertz CT molecular complexity index is 631. The quantitative estimate of drug-likeness (QED) is 0.804. The summed E-state index contributed by atoms with van der Waals surface area (Å²) >= 11 is 0. The van der Waals surface area contributed by atoms with Crippen molar-refractivity contribution in [1.29, 1.82) is 5.26 Å². The average molecular weight is 334 g/mol. The molecular formula is C17H24N3O4+. The molecule has 7 heteroatoms. The molecule has 1 aliphatic rings. The van der Waals surface area contributed by atoms with Crippen LogP contribution in [0.25, 0.3) is 0 Å². The monoisotopic (exact) mass is 334 g/mol. The Morgan fingerprint density at radius 1 is 1.29 bits per heavy atom. The molecule has 7 nitrogen and oxygen atoms in total. The smallest absolute Gasteiger partial charge is 0.279 e. The Kier molecular flexibility index (Phi) is 6.01. The van der Waals surface area contributed by atoms with Gasteiger partial charge >= 0.3 is 0 Å². The van der Waals surface area contributed by atoms with Crippen LogP contribution < -0.4 is 19.7 Å². The highest BCUT2D eigenvalue weighted by molar-refractivity contribution is 5.93. The van der Waals surface area contributed by atoms with Gasteiger partial charge in [-0.25, -0.2) is 0 Å². The van der Waals surface area contributed by atoms with Crippen LogP contribution in [0.1, 0.15) is 19.4 Å². The zero-order valence-electron chi connectivity index (χ0n) is 14.5. The molecule has 0 radical (unpaired) electrons. The van der Waals surface area contributed by atoms with Gasteiger partial charge in [0.1, 0.15) is 31.4 Å². The molecule has 1 fully saturated rings. The van der Waals surface area contributed by atoms with Gasteiger partial charge in [-0.3, -0.25) is 4.79 Å². The first-order chi connectivity index (χ1) is 11.5. The number of carbonyl (C=O) groups is 1. The van der Waals surface area contributed by atoms with Crippen LogP contribution in [0.5, 0.6) is 11.5 Å². The lowest BCUT2D eigenvalue weighted by Gasteiger charge is -2.31. The van der Waals surface area contributed by atoms with E-state index in [-0.39, 0.29) is 18.1 Å². The Morgan fingerprint density at radius 3 is 2.42 bits per heavy atom. The number of anilines is 1. The largest absolute Gasteiger partial charge is 0.493 e. The van der Waals surface area contributed by atoms with E-state index in [9.17, 15) is 10.1 Å². The molecule has 0 aromatic heterocycles. The van der Waals surface area contributed by atoms with Crippen LogP contribution in [0.2, 0.25) is 0 Å². The van der Waals surface area contributed by atoms with E-state index in [1.807, 2.05) is 13.8 Å². The van der Waals surface area contributed by atoms with Gasteiger partial charge in [0, 0.05) is 12.1 Å². The van der Waals surface area contributed by atoms with E-state index in [1.165, 1.54) is 14.2 Å². The fourth-order valence-electron chi connectivity index (χ4n) is 3.03. The summed E-state index contributed by atoms with van der Waals surface area (Å²) < 4.78 is 16.1. The predicted molar refractivity (Wildman–Crippen MR) is 88.5 cm³/mol. The van der Waals surface area contributed by atoms with Crippen molar-refractivity contribution in [3.05, 3.63) is 17.7 Å². The molecule has 1 heterocycles. The van der Waals surface area contributed by atoms with Crippen LogP contribution in [0.3, 0.4) is 0 Å². The van der Waals surface area contributed by atoms with Gasteiger partial charge in [-0.05, 0) is 13.8 Å². The number of amides is 1. The molecule has 2 rings (SSSR count). The van der Waals surface area contributed by atoms with E-state index in [0.717, 1.165) is 18.0 Å². The minimum atomic E-state index is -0.144. The van der Waals surface area contributed by atoms with E-state index in [1.54, 1.807) is 12.1 Å². The number of hydrogen-bond donors (Lipinski definition) is 2. The number of rotatable bonds is 5. The molecule has 1 saturated heterocycles. The molecule has 2 atom stereocenters. The van der Waals surface area contributed by atoms with Crippen LogP contribution in [0.4, 0.5) is 5.69 Å². The number of nitrogens with zero attached hydrogens (tertiary/aromatic N) is 1. The van der Waals surface area contributed by atoms with Crippen LogP contribution in [-0.4, -0.2) is 52.0 Å². The Morgan fingerprint density at radius 2 is 1.88 bits per heavy atom. The van der Waals surface area contributed by atoms with Crippen LogP contribution in [0.15, 0.2) is 12.1 Å². The Labute approximate surface area is 142 Å². The van der Waals surface area contributed by atoms with Gasteiger partial charge < -0.3 is 24.4 Å². The van der Waals surface area contributed by atoms with Crippen molar-refractivity contribution in [3.63, 3.8) is 0 Å². The van der Waals surface area contributed by atoms with Crippen molar-refractivity contribution in [2.75, 3.05) is 39.2 Å². The molecular weight excluding hydrogens is 310 g/mol. The minimum Gasteiger partial charge on any atom is -0.493 e. The highest BCUT2D eigenvalue weighted by Gasteiger charge is 2.27. The zero-order valence-corrected chi connectivity index (χ0v) is 14.5. The third-order valence-corrected chi connectivity index (χ3v) is 3.95. The van der Waals surface area contributed by atoms with Gasteiger partial charge in [0.05, 0.1) is 25.5 Å². The molecule has 130 valence electrons. The number of morpholine rings is 1. The maximum absolute atomic E-state index is 12.4. The normalized spacial score (nSPS) is 23.2.